The summed E-state index contributed by atoms with van der Waals surface area (Å²) in [6.45, 7) is 1.86. The molecular formula is C21H20N4O4. The van der Waals surface area contributed by atoms with Gasteiger partial charge in [0.1, 0.15) is 18.0 Å². The molecule has 1 N–H and O–H groups in total. The van der Waals surface area contributed by atoms with E-state index in [9.17, 15) is 4.79 Å². The molecule has 0 aliphatic rings. The zero-order chi connectivity index (χ0) is 20.4. The highest BCUT2D eigenvalue weighted by atomic mass is 16.5. The Hall–Kier alpha value is -3.81. The molecule has 0 unspecified atom stereocenters. The number of aryl methyl sites for hydroxylation is 1. The Morgan fingerprint density at radius 2 is 1.83 bits per heavy atom. The molecule has 0 fully saturated rings. The number of hydrogen-bond acceptors (Lipinski definition) is 6. The monoisotopic (exact) mass is 392 g/mol. The van der Waals surface area contributed by atoms with Crippen LogP contribution < -0.4 is 14.8 Å². The van der Waals surface area contributed by atoms with E-state index in [0.717, 1.165) is 16.5 Å². The molecule has 0 atom stereocenters. The zero-order valence-corrected chi connectivity index (χ0v) is 16.3. The lowest BCUT2D eigenvalue weighted by atomic mass is 10.2. The Balaban J connectivity index is 1.62. The van der Waals surface area contributed by atoms with Gasteiger partial charge in [-0.25, -0.2) is 0 Å². The van der Waals surface area contributed by atoms with Crippen LogP contribution in [0.1, 0.15) is 5.89 Å². The Morgan fingerprint density at radius 1 is 1.10 bits per heavy atom. The number of para-hydroxylation sites is 1. The van der Waals surface area contributed by atoms with Crippen LogP contribution >= 0.6 is 0 Å². The first-order chi connectivity index (χ1) is 14.1. The molecule has 4 rings (SSSR count). The number of hydrogen-bond donors (Lipinski definition) is 1. The van der Waals surface area contributed by atoms with Crippen LogP contribution in [0.2, 0.25) is 0 Å². The van der Waals surface area contributed by atoms with E-state index >= 15 is 0 Å². The van der Waals surface area contributed by atoms with Gasteiger partial charge >= 0.3 is 0 Å². The number of nitrogens with one attached hydrogen (secondary N) is 1. The van der Waals surface area contributed by atoms with Crippen LogP contribution in [0, 0.1) is 6.92 Å². The zero-order valence-electron chi connectivity index (χ0n) is 16.3. The van der Waals surface area contributed by atoms with Crippen LogP contribution in [0.15, 0.2) is 53.1 Å². The normalized spacial score (nSPS) is 10.9. The maximum Gasteiger partial charge on any atom is 0.249 e. The maximum atomic E-state index is 12.7. The van der Waals surface area contributed by atoms with Gasteiger partial charge in [-0.1, -0.05) is 18.2 Å². The second kappa shape index (κ2) is 7.67. The fourth-order valence-electron chi connectivity index (χ4n) is 3.19. The number of carbonyl (C=O) groups excluding carboxylic acids is 1. The number of methoxy groups -OCH3 is 2. The van der Waals surface area contributed by atoms with Crippen molar-refractivity contribution in [2.75, 3.05) is 19.5 Å². The van der Waals surface area contributed by atoms with Gasteiger partial charge in [0.15, 0.2) is 0 Å². The van der Waals surface area contributed by atoms with Crippen LogP contribution in [0.5, 0.6) is 11.5 Å². The number of rotatable bonds is 6. The van der Waals surface area contributed by atoms with Crippen molar-refractivity contribution in [1.82, 2.24) is 14.8 Å². The van der Waals surface area contributed by atoms with Crippen molar-refractivity contribution in [3.63, 3.8) is 0 Å². The average Bonchev–Trinajstić information content (AvgIpc) is 3.31. The van der Waals surface area contributed by atoms with Crippen molar-refractivity contribution in [3.8, 4) is 23.0 Å². The molecular weight excluding hydrogens is 372 g/mol. The lowest BCUT2D eigenvalue weighted by Crippen LogP contribution is -2.18. The summed E-state index contributed by atoms with van der Waals surface area (Å²) >= 11 is 0. The highest BCUT2D eigenvalue weighted by Gasteiger charge is 2.16. The van der Waals surface area contributed by atoms with Gasteiger partial charge in [0.05, 0.1) is 19.8 Å². The molecule has 0 bridgehead atoms. The third kappa shape index (κ3) is 3.77. The highest BCUT2D eigenvalue weighted by Crippen LogP contribution is 2.30. The molecule has 0 aliphatic carbocycles. The molecule has 2 aromatic heterocycles. The summed E-state index contributed by atoms with van der Waals surface area (Å²) in [5, 5.41) is 11.8. The van der Waals surface area contributed by atoms with E-state index in [1.165, 1.54) is 0 Å². The van der Waals surface area contributed by atoms with E-state index in [2.05, 4.69) is 15.5 Å². The summed E-state index contributed by atoms with van der Waals surface area (Å²) < 4.78 is 17.9. The number of anilines is 1. The van der Waals surface area contributed by atoms with Crippen LogP contribution in [-0.4, -0.2) is 34.9 Å². The highest BCUT2D eigenvalue weighted by molar-refractivity contribution is 5.96. The van der Waals surface area contributed by atoms with Crippen molar-refractivity contribution < 1.29 is 18.7 Å². The predicted octanol–water partition coefficient (Wildman–Crippen LogP) is 3.66. The van der Waals surface area contributed by atoms with E-state index < -0.39 is 0 Å². The Bertz CT molecular complexity index is 1160. The van der Waals surface area contributed by atoms with Gasteiger partial charge in [-0.15, -0.1) is 10.2 Å². The molecule has 0 radical (unpaired) electrons. The quantitative estimate of drug-likeness (QED) is 0.538. The van der Waals surface area contributed by atoms with Crippen LogP contribution in [0.4, 0.5) is 5.69 Å². The molecule has 1 amide bonds. The fraction of sp³-hybridized carbons (Fsp3) is 0.190. The summed E-state index contributed by atoms with van der Waals surface area (Å²) in [5.41, 5.74) is 2.28. The van der Waals surface area contributed by atoms with Gasteiger partial charge in [0, 0.05) is 47.9 Å². The van der Waals surface area contributed by atoms with Crippen molar-refractivity contribution in [3.05, 3.63) is 54.6 Å². The van der Waals surface area contributed by atoms with E-state index in [0.29, 0.717) is 29.0 Å². The van der Waals surface area contributed by atoms with Gasteiger partial charge in [0.2, 0.25) is 17.7 Å². The molecule has 29 heavy (non-hydrogen) atoms. The second-order valence-electron chi connectivity index (χ2n) is 6.46. The molecule has 8 heteroatoms. The fourth-order valence-corrected chi connectivity index (χ4v) is 3.19. The van der Waals surface area contributed by atoms with E-state index in [-0.39, 0.29) is 12.5 Å². The van der Waals surface area contributed by atoms with Crippen molar-refractivity contribution in [2.24, 2.45) is 0 Å². The number of amides is 1. The molecule has 0 spiro atoms. The lowest BCUT2D eigenvalue weighted by Gasteiger charge is -2.10. The summed E-state index contributed by atoms with van der Waals surface area (Å²) in [5.74, 6) is 1.92. The Morgan fingerprint density at radius 3 is 2.48 bits per heavy atom. The molecule has 8 nitrogen and oxygen atoms in total. The molecule has 0 saturated carbocycles. The number of nitrogens with zero attached hydrogens (tertiary/aromatic N) is 3. The third-order valence-electron chi connectivity index (χ3n) is 4.49. The third-order valence-corrected chi connectivity index (χ3v) is 4.49. The SMILES string of the molecule is COc1cc(NC(=O)Cn2cc(-c3nnc(C)o3)c3ccccc32)cc(OC)c1. The van der Waals surface area contributed by atoms with Crippen LogP contribution in [0.25, 0.3) is 22.4 Å². The number of benzene rings is 2. The summed E-state index contributed by atoms with van der Waals surface area (Å²) in [6, 6.07) is 13.0. The van der Waals surface area contributed by atoms with Gasteiger partial charge in [-0.2, -0.15) is 0 Å². The average molecular weight is 392 g/mol. The van der Waals surface area contributed by atoms with E-state index in [1.807, 2.05) is 35.0 Å². The summed E-state index contributed by atoms with van der Waals surface area (Å²) in [6.07, 6.45) is 1.85. The van der Waals surface area contributed by atoms with Gasteiger partial charge in [-0.05, 0) is 6.07 Å². The van der Waals surface area contributed by atoms with Gasteiger partial charge in [0.25, 0.3) is 0 Å². The predicted molar refractivity (Wildman–Crippen MR) is 108 cm³/mol. The van der Waals surface area contributed by atoms with Crippen molar-refractivity contribution in [2.45, 2.75) is 13.5 Å². The molecule has 0 aliphatic heterocycles. The van der Waals surface area contributed by atoms with E-state index in [1.54, 1.807) is 39.3 Å². The number of ether oxygens (including phenoxy) is 2. The molecule has 148 valence electrons. The van der Waals surface area contributed by atoms with Crippen molar-refractivity contribution >= 4 is 22.5 Å². The first-order valence-electron chi connectivity index (χ1n) is 8.98. The van der Waals surface area contributed by atoms with Gasteiger partial charge in [-0.3, -0.25) is 4.79 Å². The molecule has 0 saturated heterocycles. The lowest BCUT2D eigenvalue weighted by molar-refractivity contribution is -0.116. The standard InChI is InChI=1S/C21H20N4O4/c1-13-23-24-21(29-13)18-11-25(19-7-5-4-6-17(18)19)12-20(26)22-14-8-15(27-2)10-16(9-14)28-3/h4-11H,12H2,1-3H3,(H,22,26). The first kappa shape index (κ1) is 18.5. The summed E-state index contributed by atoms with van der Waals surface area (Å²) in [7, 11) is 3.13. The molecule has 2 heterocycles. The van der Waals surface area contributed by atoms with Crippen molar-refractivity contribution in [1.29, 1.82) is 0 Å². The minimum atomic E-state index is -0.186. The van der Waals surface area contributed by atoms with Crippen LogP contribution in [0.3, 0.4) is 0 Å². The Kier molecular flexibility index (Phi) is 4.90. The molecule has 2 aromatic carbocycles. The largest absolute Gasteiger partial charge is 0.497 e. The maximum absolute atomic E-state index is 12.7. The molecule has 4 aromatic rings. The number of aromatic nitrogens is 3. The summed E-state index contributed by atoms with van der Waals surface area (Å²) in [4.78, 5) is 12.7. The number of carbonyl (C=O) groups is 1. The van der Waals surface area contributed by atoms with Gasteiger partial charge < -0.3 is 23.8 Å². The van der Waals surface area contributed by atoms with Crippen LogP contribution in [-0.2, 0) is 11.3 Å². The first-order valence-corrected chi connectivity index (χ1v) is 8.98. The topological polar surface area (TPSA) is 91.4 Å². The Labute approximate surface area is 167 Å². The van der Waals surface area contributed by atoms with E-state index in [4.69, 9.17) is 13.9 Å². The smallest absolute Gasteiger partial charge is 0.249 e. The minimum absolute atomic E-state index is 0.118. The second-order valence-corrected chi connectivity index (χ2v) is 6.46. The number of fused-ring (bicyclic) bond motifs is 1. The minimum Gasteiger partial charge on any atom is -0.497 e.